The molecular formula is C16H24N2O. The van der Waals surface area contributed by atoms with Gasteiger partial charge in [-0.3, -0.25) is 4.79 Å². The van der Waals surface area contributed by atoms with Gasteiger partial charge >= 0.3 is 0 Å². The zero-order valence-corrected chi connectivity index (χ0v) is 11.9. The van der Waals surface area contributed by atoms with Gasteiger partial charge in [-0.05, 0) is 31.4 Å². The van der Waals surface area contributed by atoms with E-state index in [1.165, 1.54) is 5.56 Å². The van der Waals surface area contributed by atoms with Crippen molar-refractivity contribution in [1.29, 1.82) is 0 Å². The normalized spacial score (nSPS) is 23.4. The lowest BCUT2D eigenvalue weighted by Crippen LogP contribution is -2.49. The number of amides is 1. The maximum Gasteiger partial charge on any atom is 0.222 e. The van der Waals surface area contributed by atoms with Crippen LogP contribution >= 0.6 is 0 Å². The molecule has 1 aliphatic heterocycles. The van der Waals surface area contributed by atoms with Crippen LogP contribution in [0.4, 0.5) is 0 Å². The molecule has 2 atom stereocenters. The van der Waals surface area contributed by atoms with Gasteiger partial charge in [0.25, 0.3) is 0 Å². The predicted molar refractivity (Wildman–Crippen MR) is 78.0 cm³/mol. The molecule has 1 saturated heterocycles. The maximum atomic E-state index is 12.2. The van der Waals surface area contributed by atoms with Gasteiger partial charge < -0.3 is 10.2 Å². The van der Waals surface area contributed by atoms with E-state index in [0.717, 1.165) is 25.9 Å². The fraction of sp³-hybridized carbons (Fsp3) is 0.562. The van der Waals surface area contributed by atoms with Crippen LogP contribution in [0.3, 0.4) is 0 Å². The first-order valence-corrected chi connectivity index (χ1v) is 7.19. The topological polar surface area (TPSA) is 32.3 Å². The fourth-order valence-corrected chi connectivity index (χ4v) is 2.86. The number of hydrogen-bond donors (Lipinski definition) is 1. The lowest BCUT2D eigenvalue weighted by Gasteiger charge is -2.36. The summed E-state index contributed by atoms with van der Waals surface area (Å²) in [6.45, 7) is 4.00. The molecule has 0 aliphatic carbocycles. The van der Waals surface area contributed by atoms with Gasteiger partial charge in [-0.25, -0.2) is 0 Å². The molecule has 0 spiro atoms. The first-order valence-electron chi connectivity index (χ1n) is 7.19. The second-order valence-electron chi connectivity index (χ2n) is 5.49. The van der Waals surface area contributed by atoms with Gasteiger partial charge in [-0.2, -0.15) is 0 Å². The van der Waals surface area contributed by atoms with Crippen LogP contribution in [-0.2, 0) is 11.2 Å². The van der Waals surface area contributed by atoms with Crippen molar-refractivity contribution in [2.75, 3.05) is 20.1 Å². The Morgan fingerprint density at radius 1 is 1.37 bits per heavy atom. The van der Waals surface area contributed by atoms with Crippen LogP contribution in [0.15, 0.2) is 30.3 Å². The van der Waals surface area contributed by atoms with Crippen LogP contribution in [0.5, 0.6) is 0 Å². The first-order chi connectivity index (χ1) is 9.20. The highest BCUT2D eigenvalue weighted by molar-refractivity contribution is 5.76. The largest absolute Gasteiger partial charge is 0.342 e. The molecule has 1 fully saturated rings. The van der Waals surface area contributed by atoms with Gasteiger partial charge in [0.1, 0.15) is 0 Å². The van der Waals surface area contributed by atoms with Crippen molar-refractivity contribution in [3.05, 3.63) is 35.9 Å². The van der Waals surface area contributed by atoms with E-state index in [4.69, 9.17) is 0 Å². The Morgan fingerprint density at radius 2 is 2.11 bits per heavy atom. The van der Waals surface area contributed by atoms with E-state index in [0.29, 0.717) is 24.3 Å². The number of benzene rings is 1. The predicted octanol–water partition coefficient (Wildman–Crippen LogP) is 2.08. The molecule has 104 valence electrons. The van der Waals surface area contributed by atoms with Crippen molar-refractivity contribution >= 4 is 5.91 Å². The van der Waals surface area contributed by atoms with Crippen LogP contribution in [0.2, 0.25) is 0 Å². The number of aryl methyl sites for hydroxylation is 1. The summed E-state index contributed by atoms with van der Waals surface area (Å²) in [7, 11) is 2.01. The molecular weight excluding hydrogens is 236 g/mol. The minimum atomic E-state index is 0.297. The van der Waals surface area contributed by atoms with E-state index >= 15 is 0 Å². The second-order valence-corrected chi connectivity index (χ2v) is 5.49. The van der Waals surface area contributed by atoms with Gasteiger partial charge in [-0.1, -0.05) is 37.3 Å². The van der Waals surface area contributed by atoms with Crippen LogP contribution < -0.4 is 5.32 Å². The molecule has 1 amide bonds. The van der Waals surface area contributed by atoms with Gasteiger partial charge in [0.05, 0.1) is 0 Å². The van der Waals surface area contributed by atoms with Crippen molar-refractivity contribution in [3.8, 4) is 0 Å². The number of carbonyl (C=O) groups excluding carboxylic acids is 1. The number of likely N-dealkylation sites (tertiary alicyclic amines) is 1. The molecule has 3 heteroatoms. The first kappa shape index (κ1) is 14.1. The monoisotopic (exact) mass is 260 g/mol. The molecule has 1 aliphatic rings. The number of piperidine rings is 1. The molecule has 1 aromatic carbocycles. The highest BCUT2D eigenvalue weighted by Gasteiger charge is 2.27. The molecule has 1 aromatic rings. The van der Waals surface area contributed by atoms with Crippen LogP contribution in [0, 0.1) is 5.92 Å². The summed E-state index contributed by atoms with van der Waals surface area (Å²) in [5, 5.41) is 3.33. The third-order valence-corrected chi connectivity index (χ3v) is 4.10. The number of nitrogens with zero attached hydrogens (tertiary/aromatic N) is 1. The highest BCUT2D eigenvalue weighted by Crippen LogP contribution is 2.17. The van der Waals surface area contributed by atoms with Crippen LogP contribution in [-0.4, -0.2) is 37.0 Å². The average Bonchev–Trinajstić information content (AvgIpc) is 2.45. The standard InChI is InChI=1S/C16H24N2O/c1-13-12-18(11-10-15(13)17-2)16(19)9-8-14-6-4-3-5-7-14/h3-7,13,15,17H,8-12H2,1-2H3. The van der Waals surface area contributed by atoms with Crippen molar-refractivity contribution in [1.82, 2.24) is 10.2 Å². The van der Waals surface area contributed by atoms with Gasteiger partial charge in [0, 0.05) is 25.6 Å². The van der Waals surface area contributed by atoms with E-state index in [1.54, 1.807) is 0 Å². The molecule has 2 rings (SSSR count). The highest BCUT2D eigenvalue weighted by atomic mass is 16.2. The van der Waals surface area contributed by atoms with E-state index in [9.17, 15) is 4.79 Å². The SMILES string of the molecule is CNC1CCN(C(=O)CCc2ccccc2)CC1C. The Hall–Kier alpha value is -1.35. The Labute approximate surface area is 116 Å². The number of rotatable bonds is 4. The minimum absolute atomic E-state index is 0.297. The molecule has 0 radical (unpaired) electrons. The Morgan fingerprint density at radius 3 is 2.74 bits per heavy atom. The van der Waals surface area contributed by atoms with E-state index < -0.39 is 0 Å². The lowest BCUT2D eigenvalue weighted by molar-refractivity contribution is -0.133. The molecule has 0 aromatic heterocycles. The molecule has 0 bridgehead atoms. The summed E-state index contributed by atoms with van der Waals surface area (Å²) < 4.78 is 0. The third-order valence-electron chi connectivity index (χ3n) is 4.10. The number of hydrogen-bond acceptors (Lipinski definition) is 2. The third kappa shape index (κ3) is 3.80. The Balaban J connectivity index is 1.81. The van der Waals surface area contributed by atoms with Gasteiger partial charge in [0.15, 0.2) is 0 Å². The average molecular weight is 260 g/mol. The van der Waals surface area contributed by atoms with Gasteiger partial charge in [0.2, 0.25) is 5.91 Å². The zero-order chi connectivity index (χ0) is 13.7. The summed E-state index contributed by atoms with van der Waals surface area (Å²) in [5.74, 6) is 0.838. The maximum absolute atomic E-state index is 12.2. The minimum Gasteiger partial charge on any atom is -0.342 e. The number of carbonyl (C=O) groups is 1. The second kappa shape index (κ2) is 6.71. The zero-order valence-electron chi connectivity index (χ0n) is 11.9. The molecule has 2 unspecified atom stereocenters. The molecule has 0 saturated carbocycles. The molecule has 1 N–H and O–H groups in total. The summed E-state index contributed by atoms with van der Waals surface area (Å²) in [5.41, 5.74) is 1.24. The quantitative estimate of drug-likeness (QED) is 0.899. The summed E-state index contributed by atoms with van der Waals surface area (Å²) in [4.78, 5) is 14.2. The molecule has 1 heterocycles. The van der Waals surface area contributed by atoms with Crippen molar-refractivity contribution < 1.29 is 4.79 Å². The van der Waals surface area contributed by atoms with E-state index in [2.05, 4.69) is 24.4 Å². The Kier molecular flexibility index (Phi) is 4.97. The molecule has 3 nitrogen and oxygen atoms in total. The summed E-state index contributed by atoms with van der Waals surface area (Å²) >= 11 is 0. The summed E-state index contributed by atoms with van der Waals surface area (Å²) in [6, 6.07) is 10.8. The van der Waals surface area contributed by atoms with Gasteiger partial charge in [-0.15, -0.1) is 0 Å². The van der Waals surface area contributed by atoms with Crippen molar-refractivity contribution in [3.63, 3.8) is 0 Å². The van der Waals surface area contributed by atoms with Crippen molar-refractivity contribution in [2.45, 2.75) is 32.2 Å². The van der Waals surface area contributed by atoms with Crippen LogP contribution in [0.1, 0.15) is 25.3 Å². The molecule has 19 heavy (non-hydrogen) atoms. The number of nitrogens with one attached hydrogen (secondary N) is 1. The smallest absolute Gasteiger partial charge is 0.222 e. The fourth-order valence-electron chi connectivity index (χ4n) is 2.86. The van der Waals surface area contributed by atoms with Crippen molar-refractivity contribution in [2.24, 2.45) is 5.92 Å². The van der Waals surface area contributed by atoms with Crippen LogP contribution in [0.25, 0.3) is 0 Å². The lowest BCUT2D eigenvalue weighted by atomic mass is 9.93. The Bertz CT molecular complexity index is 404. The van der Waals surface area contributed by atoms with E-state index in [-0.39, 0.29) is 0 Å². The summed E-state index contributed by atoms with van der Waals surface area (Å²) in [6.07, 6.45) is 2.54. The van der Waals surface area contributed by atoms with E-state index in [1.807, 2.05) is 30.1 Å².